The lowest BCUT2D eigenvalue weighted by atomic mass is 10.1. The maximum Gasteiger partial charge on any atom is 0.320 e. The molecule has 1 saturated heterocycles. The summed E-state index contributed by atoms with van der Waals surface area (Å²) in [5.41, 5.74) is 12.0. The zero-order chi connectivity index (χ0) is 33.3. The highest BCUT2D eigenvalue weighted by molar-refractivity contribution is 7.88. The fourth-order valence-corrected chi connectivity index (χ4v) is 5.14. The van der Waals surface area contributed by atoms with E-state index in [9.17, 15) is 33.0 Å². The Bertz CT molecular complexity index is 1440. The quantitative estimate of drug-likeness (QED) is 0.0757. The second-order valence-electron chi connectivity index (χ2n) is 10.6. The first kappa shape index (κ1) is 35.8. The van der Waals surface area contributed by atoms with Crippen LogP contribution in [0.15, 0.2) is 6.33 Å². The maximum absolute atomic E-state index is 13.1. The van der Waals surface area contributed by atoms with E-state index < -0.39 is 52.5 Å². The van der Waals surface area contributed by atoms with Gasteiger partial charge in [-0.3, -0.25) is 19.0 Å². The first-order valence-corrected chi connectivity index (χ1v) is 16.4. The number of aromatic nitrogens is 4. The SMILES string of the molecule is CCN(CC[C@H](N)C(=O)O)C(=O)[C@H]1OC(n2cnc3c(N)nc(NCCNC(=O)CCCCCNS(C)(=O)=O)nc32)[C@H](O)[C@@H]1O. The number of fused-ring (bicyclic) bond motifs is 1. The Morgan fingerprint density at radius 3 is 2.53 bits per heavy atom. The molecule has 0 bridgehead atoms. The van der Waals surface area contributed by atoms with E-state index in [2.05, 4.69) is 30.3 Å². The van der Waals surface area contributed by atoms with Crippen LogP contribution in [0.1, 0.15) is 45.3 Å². The molecule has 1 fully saturated rings. The Morgan fingerprint density at radius 2 is 1.87 bits per heavy atom. The van der Waals surface area contributed by atoms with E-state index in [1.807, 2.05) is 0 Å². The van der Waals surface area contributed by atoms with Crippen LogP contribution in [-0.4, -0.2) is 129 Å². The van der Waals surface area contributed by atoms with Crippen molar-refractivity contribution in [3.8, 4) is 0 Å². The van der Waals surface area contributed by atoms with Gasteiger partial charge in [-0.15, -0.1) is 0 Å². The molecule has 3 heterocycles. The lowest BCUT2D eigenvalue weighted by Gasteiger charge is -2.26. The molecular weight excluding hydrogens is 616 g/mol. The number of nitrogen functional groups attached to an aromatic ring is 1. The van der Waals surface area contributed by atoms with Crippen molar-refractivity contribution >= 4 is 50.7 Å². The summed E-state index contributed by atoms with van der Waals surface area (Å²) in [6.07, 6.45) is -1.29. The number of hydrogen-bond acceptors (Lipinski definition) is 14. The fourth-order valence-electron chi connectivity index (χ4n) is 4.63. The van der Waals surface area contributed by atoms with E-state index in [0.29, 0.717) is 32.2 Å². The predicted octanol–water partition coefficient (Wildman–Crippen LogP) is -2.68. The van der Waals surface area contributed by atoms with Crippen LogP contribution >= 0.6 is 0 Å². The van der Waals surface area contributed by atoms with Crippen molar-refractivity contribution in [2.24, 2.45) is 5.73 Å². The zero-order valence-electron chi connectivity index (χ0n) is 25.1. The van der Waals surface area contributed by atoms with Gasteiger partial charge in [0.05, 0.1) is 12.6 Å². The van der Waals surface area contributed by atoms with Crippen molar-refractivity contribution in [3.63, 3.8) is 0 Å². The van der Waals surface area contributed by atoms with Crippen LogP contribution in [0.2, 0.25) is 0 Å². The third-order valence-electron chi connectivity index (χ3n) is 7.10. The number of aliphatic carboxylic acids is 1. The van der Waals surface area contributed by atoms with E-state index in [4.69, 9.17) is 21.3 Å². The lowest BCUT2D eigenvalue weighted by molar-refractivity contribution is -0.149. The number of amides is 2. The third kappa shape index (κ3) is 9.90. The summed E-state index contributed by atoms with van der Waals surface area (Å²) in [7, 11) is -3.22. The second kappa shape index (κ2) is 16.0. The minimum atomic E-state index is -3.22. The molecule has 2 amide bonds. The number of imidazole rings is 1. The van der Waals surface area contributed by atoms with Gasteiger partial charge in [0.1, 0.15) is 23.8 Å². The standard InChI is InChI=1S/C25H42N10O9S/c1-3-34(12-8-14(26)24(40)41)22(39)19-17(37)18(38)23(44-19)35-13-30-16-20(27)32-25(33-21(16)35)29-11-10-28-15(36)7-5-4-6-9-31-45(2,42)43/h13-14,17-19,23,31,37-38H,3-12,26H2,1-2H3,(H,28,36)(H,40,41)(H3,27,29,32,33)/t14-,17-,18+,19-,23?/m0/s1. The Hall–Kier alpha value is -3.69. The summed E-state index contributed by atoms with van der Waals surface area (Å²) < 4.78 is 31.6. The van der Waals surface area contributed by atoms with Crippen molar-refractivity contribution in [2.45, 2.75) is 69.6 Å². The number of hydrogen-bond donors (Lipinski definition) is 8. The van der Waals surface area contributed by atoms with Crippen molar-refractivity contribution in [1.82, 2.24) is 34.5 Å². The fraction of sp³-hybridized carbons (Fsp3) is 0.680. The summed E-state index contributed by atoms with van der Waals surface area (Å²) in [6, 6.07) is -1.17. The van der Waals surface area contributed by atoms with Crippen LogP contribution in [-0.2, 0) is 29.1 Å². The van der Waals surface area contributed by atoms with E-state index in [1.165, 1.54) is 15.8 Å². The van der Waals surface area contributed by atoms with Crippen molar-refractivity contribution in [2.75, 3.05) is 50.0 Å². The molecule has 1 unspecified atom stereocenters. The molecule has 10 N–H and O–H groups in total. The number of carboxylic acid groups (broad SMARTS) is 1. The lowest BCUT2D eigenvalue weighted by Crippen LogP contribution is -2.46. The van der Waals surface area contributed by atoms with E-state index in [-0.39, 0.29) is 61.4 Å². The molecular formula is C25H42N10O9S. The van der Waals surface area contributed by atoms with Gasteiger partial charge in [0.2, 0.25) is 21.9 Å². The van der Waals surface area contributed by atoms with Crippen LogP contribution in [0.4, 0.5) is 11.8 Å². The van der Waals surface area contributed by atoms with Crippen molar-refractivity contribution < 1.29 is 42.9 Å². The van der Waals surface area contributed by atoms with Gasteiger partial charge < -0.3 is 47.1 Å². The number of carboxylic acids is 1. The van der Waals surface area contributed by atoms with Crippen LogP contribution < -0.4 is 26.8 Å². The van der Waals surface area contributed by atoms with Gasteiger partial charge in [0.25, 0.3) is 5.91 Å². The number of anilines is 2. The Morgan fingerprint density at radius 1 is 1.13 bits per heavy atom. The average molecular weight is 659 g/mol. The van der Waals surface area contributed by atoms with Crippen LogP contribution in [0.25, 0.3) is 11.2 Å². The molecule has 0 aliphatic carbocycles. The number of carbonyl (C=O) groups excluding carboxylic acids is 2. The smallest absolute Gasteiger partial charge is 0.320 e. The van der Waals surface area contributed by atoms with Gasteiger partial charge >= 0.3 is 5.97 Å². The largest absolute Gasteiger partial charge is 0.480 e. The molecule has 2 aromatic rings. The van der Waals surface area contributed by atoms with E-state index in [0.717, 1.165) is 6.26 Å². The monoisotopic (exact) mass is 658 g/mol. The van der Waals surface area contributed by atoms with Gasteiger partial charge in [-0.25, -0.2) is 18.1 Å². The summed E-state index contributed by atoms with van der Waals surface area (Å²) in [6.45, 7) is 2.70. The number of nitrogens with zero attached hydrogens (tertiary/aromatic N) is 5. The summed E-state index contributed by atoms with van der Waals surface area (Å²) in [5.74, 6) is -1.90. The summed E-state index contributed by atoms with van der Waals surface area (Å²) in [5, 5.41) is 36.2. The number of likely N-dealkylation sites (N-methyl/N-ethyl adjacent to an activating group) is 1. The molecule has 1 aliphatic heterocycles. The Labute approximate surface area is 259 Å². The number of aliphatic hydroxyl groups is 2. The van der Waals surface area contributed by atoms with Crippen molar-refractivity contribution in [1.29, 1.82) is 0 Å². The highest BCUT2D eigenvalue weighted by atomic mass is 32.2. The van der Waals surface area contributed by atoms with E-state index >= 15 is 0 Å². The topological polar surface area (TPSA) is 290 Å². The second-order valence-corrected chi connectivity index (χ2v) is 12.4. The van der Waals surface area contributed by atoms with Gasteiger partial charge in [-0.05, 0) is 26.2 Å². The number of rotatable bonds is 18. The van der Waals surface area contributed by atoms with Gasteiger partial charge in [0.15, 0.2) is 23.8 Å². The number of sulfonamides is 1. The van der Waals surface area contributed by atoms with E-state index in [1.54, 1.807) is 6.92 Å². The zero-order valence-corrected chi connectivity index (χ0v) is 25.9. The van der Waals surface area contributed by atoms with Gasteiger partial charge in [-0.1, -0.05) is 6.42 Å². The maximum atomic E-state index is 13.1. The van der Waals surface area contributed by atoms with Crippen LogP contribution in [0.5, 0.6) is 0 Å². The highest BCUT2D eigenvalue weighted by Gasteiger charge is 2.49. The normalized spacial score (nSPS) is 20.6. The molecule has 252 valence electrons. The number of nitrogens with one attached hydrogen (secondary N) is 3. The Balaban J connectivity index is 1.57. The van der Waals surface area contributed by atoms with Crippen LogP contribution in [0, 0.1) is 0 Å². The summed E-state index contributed by atoms with van der Waals surface area (Å²) >= 11 is 0. The highest BCUT2D eigenvalue weighted by Crippen LogP contribution is 2.33. The number of aliphatic hydroxyl groups excluding tert-OH is 2. The average Bonchev–Trinajstić information content (AvgIpc) is 3.53. The molecule has 2 aromatic heterocycles. The molecule has 0 radical (unpaired) electrons. The number of unbranched alkanes of at least 4 members (excludes halogenated alkanes) is 2. The number of carbonyl (C=O) groups is 3. The van der Waals surface area contributed by atoms with Crippen molar-refractivity contribution in [3.05, 3.63) is 6.33 Å². The summed E-state index contributed by atoms with van der Waals surface area (Å²) in [4.78, 5) is 50.3. The molecule has 0 spiro atoms. The first-order valence-electron chi connectivity index (χ1n) is 14.5. The predicted molar refractivity (Wildman–Crippen MR) is 161 cm³/mol. The number of ether oxygens (including phenoxy) is 1. The molecule has 0 aromatic carbocycles. The molecule has 3 rings (SSSR count). The first-order chi connectivity index (χ1) is 21.2. The van der Waals surface area contributed by atoms with Gasteiger partial charge in [0, 0.05) is 39.1 Å². The van der Waals surface area contributed by atoms with Crippen LogP contribution in [0.3, 0.4) is 0 Å². The molecule has 1 aliphatic rings. The van der Waals surface area contributed by atoms with Gasteiger partial charge in [-0.2, -0.15) is 9.97 Å². The molecule has 0 saturated carbocycles. The molecule has 5 atom stereocenters. The Kier molecular flexibility index (Phi) is 12.8. The molecule has 19 nitrogen and oxygen atoms in total. The minimum absolute atomic E-state index is 0.00834. The molecule has 20 heteroatoms. The molecule has 45 heavy (non-hydrogen) atoms. The number of nitrogens with two attached hydrogens (primary N) is 2. The third-order valence-corrected chi connectivity index (χ3v) is 7.83. The minimum Gasteiger partial charge on any atom is -0.480 e.